The first kappa shape index (κ1) is 31.9. The monoisotopic (exact) mass is 745 g/mol. The molecule has 0 N–H and O–H groups in total. The van der Waals surface area contributed by atoms with Crippen molar-refractivity contribution in [1.29, 1.82) is 0 Å². The molecule has 12 aromatic rings. The zero-order valence-corrected chi connectivity index (χ0v) is 31.4. The molecular weight excluding hydrogens is 715 g/mol. The van der Waals surface area contributed by atoms with Gasteiger partial charge in [0.05, 0.1) is 32.3 Å². The van der Waals surface area contributed by atoms with E-state index in [1.807, 2.05) is 12.1 Å². The van der Waals surface area contributed by atoms with Crippen LogP contribution in [0.4, 0.5) is 0 Å². The summed E-state index contributed by atoms with van der Waals surface area (Å²) in [5.74, 6) is 1.54. The van der Waals surface area contributed by atoms with Gasteiger partial charge in [0.1, 0.15) is 0 Å². The smallest absolute Gasteiger partial charge is 0.162 e. The van der Waals surface area contributed by atoms with Crippen LogP contribution in [-0.4, -0.2) is 24.1 Å². The van der Waals surface area contributed by atoms with Crippen LogP contribution in [0, 0.1) is 0 Å². The first-order chi connectivity index (χ1) is 28.3. The lowest BCUT2D eigenvalue weighted by atomic mass is 9.97. The molecule has 0 radical (unpaired) electrons. The Labute approximate surface area is 331 Å². The number of fused-ring (bicyclic) bond motifs is 9. The van der Waals surface area contributed by atoms with Gasteiger partial charge in [-0.2, -0.15) is 0 Å². The van der Waals surface area contributed by atoms with Gasteiger partial charge in [0.25, 0.3) is 0 Å². The Bertz CT molecular complexity index is 3510. The van der Waals surface area contributed by atoms with Crippen molar-refractivity contribution in [3.8, 4) is 44.5 Å². The molecule has 0 spiro atoms. The number of pyridine rings is 1. The van der Waals surface area contributed by atoms with E-state index in [1.54, 1.807) is 23.7 Å². The van der Waals surface area contributed by atoms with E-state index in [0.29, 0.717) is 5.82 Å². The van der Waals surface area contributed by atoms with E-state index in [4.69, 9.17) is 9.97 Å². The Morgan fingerprint density at radius 2 is 1.19 bits per heavy atom. The maximum Gasteiger partial charge on any atom is 0.162 e. The summed E-state index contributed by atoms with van der Waals surface area (Å²) in [5, 5.41) is 7.20. The Balaban J connectivity index is 1.17. The molecule has 5 heterocycles. The van der Waals surface area contributed by atoms with Crippen LogP contribution in [0.15, 0.2) is 188 Å². The van der Waals surface area contributed by atoms with Gasteiger partial charge in [-0.1, -0.05) is 121 Å². The Morgan fingerprint density at radius 1 is 0.456 bits per heavy atom. The quantitative estimate of drug-likeness (QED) is 0.176. The van der Waals surface area contributed by atoms with E-state index in [9.17, 15) is 0 Å². The van der Waals surface area contributed by atoms with Gasteiger partial charge < -0.3 is 4.57 Å². The number of hydrogen-bond acceptors (Lipinski definition) is 4. The topological polar surface area (TPSA) is 48.5 Å². The number of thiophene rings is 1. The largest absolute Gasteiger partial charge is 0.309 e. The van der Waals surface area contributed by atoms with Crippen LogP contribution in [0.25, 0.3) is 109 Å². The molecule has 12 rings (SSSR count). The van der Waals surface area contributed by atoms with E-state index in [1.165, 1.54) is 54.5 Å². The molecule has 0 unspecified atom stereocenters. The summed E-state index contributed by atoms with van der Waals surface area (Å²) in [4.78, 5) is 16.1. The Morgan fingerprint density at radius 3 is 2.05 bits per heavy atom. The summed E-state index contributed by atoms with van der Waals surface area (Å²) >= 11 is 1.74. The predicted octanol–water partition coefficient (Wildman–Crippen LogP) is 13.4. The molecular formula is C51H31N5S. The van der Waals surface area contributed by atoms with Crippen LogP contribution < -0.4 is 0 Å². The normalized spacial score (nSPS) is 11.9. The fourth-order valence-electron chi connectivity index (χ4n) is 8.72. The number of hydrogen-bond donors (Lipinski definition) is 0. The number of aromatic nitrogens is 5. The molecule has 0 atom stereocenters. The molecule has 0 saturated carbocycles. The lowest BCUT2D eigenvalue weighted by Crippen LogP contribution is -2.01. The molecule has 266 valence electrons. The van der Waals surface area contributed by atoms with E-state index < -0.39 is 0 Å². The van der Waals surface area contributed by atoms with Crippen molar-refractivity contribution in [3.05, 3.63) is 188 Å². The SMILES string of the molecule is c1ccc(-c2cc3nc(-c4ccncc4)nc(-n4c5ccc(-c6cccc7c6c6ccccc6n7-c6ccccc6)cc5c5ccc6ccccc6c54)c3s2)cc1. The Kier molecular flexibility index (Phi) is 7.03. The third kappa shape index (κ3) is 4.91. The van der Waals surface area contributed by atoms with Crippen molar-refractivity contribution >= 4 is 75.9 Å². The molecule has 0 aliphatic heterocycles. The minimum Gasteiger partial charge on any atom is -0.309 e. The first-order valence-electron chi connectivity index (χ1n) is 19.1. The summed E-state index contributed by atoms with van der Waals surface area (Å²) < 4.78 is 5.82. The minimum absolute atomic E-state index is 0.672. The lowest BCUT2D eigenvalue weighted by molar-refractivity contribution is 1.08. The van der Waals surface area contributed by atoms with Crippen molar-refractivity contribution < 1.29 is 0 Å². The van der Waals surface area contributed by atoms with Crippen molar-refractivity contribution in [3.63, 3.8) is 0 Å². The summed E-state index contributed by atoms with van der Waals surface area (Å²) in [5.41, 5.74) is 11.1. The van der Waals surface area contributed by atoms with E-state index >= 15 is 0 Å². The minimum atomic E-state index is 0.672. The molecule has 0 saturated heterocycles. The average Bonchev–Trinajstić information content (AvgIpc) is 3.97. The number of para-hydroxylation sites is 2. The highest BCUT2D eigenvalue weighted by Crippen LogP contribution is 2.44. The molecule has 0 aliphatic rings. The van der Waals surface area contributed by atoms with Gasteiger partial charge >= 0.3 is 0 Å². The van der Waals surface area contributed by atoms with Gasteiger partial charge in [0.2, 0.25) is 0 Å². The van der Waals surface area contributed by atoms with Crippen LogP contribution in [-0.2, 0) is 0 Å². The second kappa shape index (κ2) is 12.6. The van der Waals surface area contributed by atoms with Gasteiger partial charge in [-0.05, 0) is 76.7 Å². The summed E-state index contributed by atoms with van der Waals surface area (Å²) in [6.45, 7) is 0. The van der Waals surface area contributed by atoms with Crippen LogP contribution in [0.2, 0.25) is 0 Å². The van der Waals surface area contributed by atoms with Crippen molar-refractivity contribution in [2.24, 2.45) is 0 Å². The molecule has 6 heteroatoms. The zero-order chi connectivity index (χ0) is 37.5. The van der Waals surface area contributed by atoms with Crippen molar-refractivity contribution in [2.75, 3.05) is 0 Å². The second-order valence-electron chi connectivity index (χ2n) is 14.4. The maximum atomic E-state index is 5.45. The van der Waals surface area contributed by atoms with Gasteiger partial charge in [0, 0.05) is 55.5 Å². The highest BCUT2D eigenvalue weighted by atomic mass is 32.1. The van der Waals surface area contributed by atoms with Crippen LogP contribution >= 0.6 is 11.3 Å². The first-order valence-corrected chi connectivity index (χ1v) is 19.9. The lowest BCUT2D eigenvalue weighted by Gasteiger charge is -2.12. The van der Waals surface area contributed by atoms with E-state index in [0.717, 1.165) is 48.8 Å². The van der Waals surface area contributed by atoms with Gasteiger partial charge in [-0.25, -0.2) is 9.97 Å². The second-order valence-corrected chi connectivity index (χ2v) is 15.5. The molecule has 0 amide bonds. The number of nitrogens with zero attached hydrogens (tertiary/aromatic N) is 5. The van der Waals surface area contributed by atoms with Crippen LogP contribution in [0.3, 0.4) is 0 Å². The molecule has 57 heavy (non-hydrogen) atoms. The maximum absolute atomic E-state index is 5.45. The Hall–Kier alpha value is -7.41. The van der Waals surface area contributed by atoms with Gasteiger partial charge in [-0.15, -0.1) is 11.3 Å². The molecule has 0 aliphatic carbocycles. The molecule has 0 fully saturated rings. The molecule has 5 aromatic heterocycles. The number of rotatable bonds is 5. The number of benzene rings is 7. The molecule has 5 nitrogen and oxygen atoms in total. The van der Waals surface area contributed by atoms with Crippen molar-refractivity contribution in [2.45, 2.75) is 0 Å². The highest BCUT2D eigenvalue weighted by Gasteiger charge is 2.23. The predicted molar refractivity (Wildman–Crippen MR) is 238 cm³/mol. The third-order valence-electron chi connectivity index (χ3n) is 11.2. The molecule has 7 aromatic carbocycles. The summed E-state index contributed by atoms with van der Waals surface area (Å²) in [6.07, 6.45) is 3.61. The van der Waals surface area contributed by atoms with Gasteiger partial charge in [0.15, 0.2) is 11.6 Å². The fourth-order valence-corrected chi connectivity index (χ4v) is 9.81. The van der Waals surface area contributed by atoms with Gasteiger partial charge in [-0.3, -0.25) is 9.55 Å². The summed E-state index contributed by atoms with van der Waals surface area (Å²) in [7, 11) is 0. The van der Waals surface area contributed by atoms with Crippen LogP contribution in [0.5, 0.6) is 0 Å². The standard InChI is InChI=1S/C51H31N5S/c1-3-13-33(14-4-1)46-31-42-49(57-46)51(54-50(53-42)34-26-28-52-29-27-34)56-44-25-23-35(30-41(44)39-24-22-32-12-7-8-17-38(32)48(39)56)37-19-11-21-45-47(37)40-18-9-10-20-43(40)55(45)36-15-5-2-6-16-36/h1-31H. The highest BCUT2D eigenvalue weighted by molar-refractivity contribution is 7.22. The third-order valence-corrected chi connectivity index (χ3v) is 12.4. The van der Waals surface area contributed by atoms with Crippen LogP contribution in [0.1, 0.15) is 0 Å². The fraction of sp³-hybridized carbons (Fsp3) is 0. The average molecular weight is 746 g/mol. The molecule has 0 bridgehead atoms. The van der Waals surface area contributed by atoms with Crippen molar-refractivity contribution in [1.82, 2.24) is 24.1 Å². The van der Waals surface area contributed by atoms with E-state index in [-0.39, 0.29) is 0 Å². The van der Waals surface area contributed by atoms with E-state index in [2.05, 4.69) is 178 Å². The zero-order valence-electron chi connectivity index (χ0n) is 30.5. The summed E-state index contributed by atoms with van der Waals surface area (Å²) in [6, 6.07) is 63.0.